The van der Waals surface area contributed by atoms with Crippen molar-refractivity contribution in [2.24, 2.45) is 5.84 Å². The molecular formula is C11H14N2O. The van der Waals surface area contributed by atoms with E-state index < -0.39 is 0 Å². The standard InChI is InChI=1S/C11H14N2O/c1-8-4-2-3-5-9(8)11(6-7-11)10(14)13-12/h2-5H,6-7,12H2,1H3,(H,13,14). The quantitative estimate of drug-likeness (QED) is 0.415. The zero-order valence-electron chi connectivity index (χ0n) is 8.21. The number of nitrogens with two attached hydrogens (primary N) is 1. The first-order valence-corrected chi connectivity index (χ1v) is 4.78. The Labute approximate surface area is 83.3 Å². The van der Waals surface area contributed by atoms with Gasteiger partial charge in [-0.1, -0.05) is 24.3 Å². The molecule has 0 bridgehead atoms. The Kier molecular flexibility index (Phi) is 2.04. The van der Waals surface area contributed by atoms with Crippen molar-refractivity contribution in [3.63, 3.8) is 0 Å². The molecule has 1 aromatic rings. The highest BCUT2D eigenvalue weighted by Gasteiger charge is 2.51. The molecule has 74 valence electrons. The van der Waals surface area contributed by atoms with Gasteiger partial charge in [-0.2, -0.15) is 0 Å². The first-order valence-electron chi connectivity index (χ1n) is 4.78. The Morgan fingerprint density at radius 1 is 1.43 bits per heavy atom. The largest absolute Gasteiger partial charge is 0.293 e. The van der Waals surface area contributed by atoms with Crippen molar-refractivity contribution in [2.45, 2.75) is 25.2 Å². The smallest absolute Gasteiger partial charge is 0.244 e. The minimum Gasteiger partial charge on any atom is -0.293 e. The van der Waals surface area contributed by atoms with Crippen molar-refractivity contribution < 1.29 is 4.79 Å². The molecule has 1 aromatic carbocycles. The maximum atomic E-state index is 11.6. The minimum absolute atomic E-state index is 0.0631. The van der Waals surface area contributed by atoms with Crippen LogP contribution >= 0.6 is 0 Å². The Balaban J connectivity index is 2.40. The van der Waals surface area contributed by atoms with E-state index in [0.717, 1.165) is 24.0 Å². The van der Waals surface area contributed by atoms with Crippen LogP contribution in [0, 0.1) is 6.92 Å². The third-order valence-electron chi connectivity index (χ3n) is 2.98. The second kappa shape index (κ2) is 3.10. The highest BCUT2D eigenvalue weighted by Crippen LogP contribution is 2.49. The molecule has 0 aliphatic heterocycles. The van der Waals surface area contributed by atoms with E-state index >= 15 is 0 Å². The molecule has 1 saturated carbocycles. The lowest BCUT2D eigenvalue weighted by Gasteiger charge is -2.15. The van der Waals surface area contributed by atoms with Gasteiger partial charge < -0.3 is 0 Å². The highest BCUT2D eigenvalue weighted by molar-refractivity contribution is 5.91. The van der Waals surface area contributed by atoms with Gasteiger partial charge in [-0.15, -0.1) is 0 Å². The van der Waals surface area contributed by atoms with Gasteiger partial charge in [0.2, 0.25) is 5.91 Å². The normalized spacial score (nSPS) is 17.6. The Bertz CT molecular complexity index is 369. The molecule has 3 nitrogen and oxygen atoms in total. The topological polar surface area (TPSA) is 55.1 Å². The number of rotatable bonds is 2. The fourth-order valence-electron chi connectivity index (χ4n) is 1.99. The summed E-state index contributed by atoms with van der Waals surface area (Å²) in [5.74, 6) is 5.12. The predicted molar refractivity (Wildman–Crippen MR) is 54.4 cm³/mol. The van der Waals surface area contributed by atoms with Crippen molar-refractivity contribution in [1.82, 2.24) is 5.43 Å². The third-order valence-corrected chi connectivity index (χ3v) is 2.98. The summed E-state index contributed by atoms with van der Waals surface area (Å²) in [6.07, 6.45) is 1.81. The summed E-state index contributed by atoms with van der Waals surface area (Å²) in [6, 6.07) is 7.98. The molecule has 0 saturated heterocycles. The lowest BCUT2D eigenvalue weighted by Crippen LogP contribution is -2.39. The molecular weight excluding hydrogens is 176 g/mol. The van der Waals surface area contributed by atoms with Gasteiger partial charge in [0.1, 0.15) is 0 Å². The van der Waals surface area contributed by atoms with E-state index in [1.807, 2.05) is 31.2 Å². The van der Waals surface area contributed by atoms with Gasteiger partial charge in [-0.05, 0) is 30.9 Å². The molecule has 3 heteroatoms. The van der Waals surface area contributed by atoms with E-state index in [9.17, 15) is 4.79 Å². The molecule has 0 unspecified atom stereocenters. The Morgan fingerprint density at radius 3 is 2.57 bits per heavy atom. The van der Waals surface area contributed by atoms with Crippen LogP contribution in [-0.4, -0.2) is 5.91 Å². The number of aryl methyl sites for hydroxylation is 1. The Hall–Kier alpha value is -1.35. The number of amides is 1. The van der Waals surface area contributed by atoms with E-state index in [0.29, 0.717) is 0 Å². The molecule has 0 heterocycles. The molecule has 1 aliphatic rings. The van der Waals surface area contributed by atoms with Gasteiger partial charge in [0.05, 0.1) is 5.41 Å². The number of hydrogen-bond acceptors (Lipinski definition) is 2. The molecule has 0 spiro atoms. The number of nitrogens with one attached hydrogen (secondary N) is 1. The third kappa shape index (κ3) is 1.21. The molecule has 0 atom stereocenters. The number of benzene rings is 1. The van der Waals surface area contributed by atoms with Crippen LogP contribution in [0.25, 0.3) is 0 Å². The van der Waals surface area contributed by atoms with Gasteiger partial charge in [0.15, 0.2) is 0 Å². The van der Waals surface area contributed by atoms with Gasteiger partial charge >= 0.3 is 0 Å². The average Bonchev–Trinajstić information content (AvgIpc) is 2.98. The zero-order valence-corrected chi connectivity index (χ0v) is 8.21. The van der Waals surface area contributed by atoms with E-state index in [4.69, 9.17) is 5.84 Å². The maximum Gasteiger partial charge on any atom is 0.244 e. The molecule has 3 N–H and O–H groups in total. The average molecular weight is 190 g/mol. The zero-order chi connectivity index (χ0) is 10.2. The van der Waals surface area contributed by atoms with Crippen LogP contribution in [-0.2, 0) is 10.2 Å². The summed E-state index contributed by atoms with van der Waals surface area (Å²) < 4.78 is 0. The molecule has 2 rings (SSSR count). The molecule has 14 heavy (non-hydrogen) atoms. The summed E-state index contributed by atoms with van der Waals surface area (Å²) in [6.45, 7) is 2.03. The van der Waals surface area contributed by atoms with Crippen molar-refractivity contribution in [1.29, 1.82) is 0 Å². The van der Waals surface area contributed by atoms with E-state index in [-0.39, 0.29) is 11.3 Å². The van der Waals surface area contributed by atoms with Crippen molar-refractivity contribution in [2.75, 3.05) is 0 Å². The van der Waals surface area contributed by atoms with Crippen LogP contribution in [0.5, 0.6) is 0 Å². The SMILES string of the molecule is Cc1ccccc1C1(C(=O)NN)CC1. The lowest BCUT2D eigenvalue weighted by molar-refractivity contribution is -0.123. The monoisotopic (exact) mass is 190 g/mol. The first-order chi connectivity index (χ1) is 6.70. The van der Waals surface area contributed by atoms with Gasteiger partial charge in [0, 0.05) is 0 Å². The fraction of sp³-hybridized carbons (Fsp3) is 0.364. The lowest BCUT2D eigenvalue weighted by atomic mass is 9.91. The minimum atomic E-state index is -0.333. The number of hydrazine groups is 1. The van der Waals surface area contributed by atoms with Crippen molar-refractivity contribution in [3.05, 3.63) is 35.4 Å². The van der Waals surface area contributed by atoms with Gasteiger partial charge in [-0.3, -0.25) is 10.2 Å². The summed E-state index contributed by atoms with van der Waals surface area (Å²) >= 11 is 0. The van der Waals surface area contributed by atoms with E-state index in [2.05, 4.69) is 5.43 Å². The van der Waals surface area contributed by atoms with E-state index in [1.165, 1.54) is 0 Å². The predicted octanol–water partition coefficient (Wildman–Crippen LogP) is 1.02. The van der Waals surface area contributed by atoms with Gasteiger partial charge in [0.25, 0.3) is 0 Å². The van der Waals surface area contributed by atoms with Crippen LogP contribution in [0.1, 0.15) is 24.0 Å². The number of carbonyl (C=O) groups excluding carboxylic acids is 1. The van der Waals surface area contributed by atoms with Crippen LogP contribution in [0.4, 0.5) is 0 Å². The first kappa shape index (κ1) is 9.21. The molecule has 1 amide bonds. The summed E-state index contributed by atoms with van der Waals surface area (Å²) in [5, 5.41) is 0. The second-order valence-corrected chi connectivity index (χ2v) is 3.87. The number of hydrogen-bond donors (Lipinski definition) is 2. The summed E-state index contributed by atoms with van der Waals surface area (Å²) in [7, 11) is 0. The number of carbonyl (C=O) groups is 1. The van der Waals surface area contributed by atoms with Crippen LogP contribution < -0.4 is 11.3 Å². The summed E-state index contributed by atoms with van der Waals surface area (Å²) in [5.41, 5.74) is 4.20. The highest BCUT2D eigenvalue weighted by atomic mass is 16.2. The molecule has 1 fully saturated rings. The second-order valence-electron chi connectivity index (χ2n) is 3.87. The molecule has 0 radical (unpaired) electrons. The molecule has 0 aromatic heterocycles. The van der Waals surface area contributed by atoms with Crippen molar-refractivity contribution >= 4 is 5.91 Å². The van der Waals surface area contributed by atoms with E-state index in [1.54, 1.807) is 0 Å². The van der Waals surface area contributed by atoms with Crippen LogP contribution in [0.2, 0.25) is 0 Å². The van der Waals surface area contributed by atoms with Crippen LogP contribution in [0.3, 0.4) is 0 Å². The van der Waals surface area contributed by atoms with Crippen LogP contribution in [0.15, 0.2) is 24.3 Å². The Morgan fingerprint density at radius 2 is 2.07 bits per heavy atom. The maximum absolute atomic E-state index is 11.6. The van der Waals surface area contributed by atoms with Crippen molar-refractivity contribution in [3.8, 4) is 0 Å². The molecule has 1 aliphatic carbocycles. The van der Waals surface area contributed by atoms with Gasteiger partial charge in [-0.25, -0.2) is 5.84 Å². The fourth-order valence-corrected chi connectivity index (χ4v) is 1.99. The summed E-state index contributed by atoms with van der Waals surface area (Å²) in [4.78, 5) is 11.6.